The lowest BCUT2D eigenvalue weighted by atomic mass is 9.68. The van der Waals surface area contributed by atoms with E-state index in [0.717, 1.165) is 30.5 Å². The number of nitrogens with one attached hydrogen (secondary N) is 1. The molecule has 112 valence electrons. The molecule has 1 N–H and O–H groups in total. The lowest BCUT2D eigenvalue weighted by molar-refractivity contribution is -0.126. The van der Waals surface area contributed by atoms with Gasteiger partial charge in [0.1, 0.15) is 5.78 Å². The molecular formula is C18H24N2O. The molecule has 2 atom stereocenters. The van der Waals surface area contributed by atoms with Gasteiger partial charge in [-0.3, -0.25) is 4.79 Å². The van der Waals surface area contributed by atoms with Crippen molar-refractivity contribution in [2.45, 2.75) is 52.5 Å². The van der Waals surface area contributed by atoms with Gasteiger partial charge < -0.3 is 5.43 Å². The number of benzene rings is 1. The fraction of sp³-hybridized carbons (Fsp3) is 0.556. The van der Waals surface area contributed by atoms with Crippen molar-refractivity contribution in [3.63, 3.8) is 0 Å². The highest BCUT2D eigenvalue weighted by Crippen LogP contribution is 2.39. The molecule has 0 saturated heterocycles. The zero-order chi connectivity index (χ0) is 15.0. The van der Waals surface area contributed by atoms with Crippen molar-refractivity contribution >= 4 is 11.5 Å². The van der Waals surface area contributed by atoms with Crippen LogP contribution in [0.15, 0.2) is 29.4 Å². The Bertz CT molecular complexity index is 571. The number of nitrogens with zero attached hydrogens (tertiary/aromatic N) is 1. The molecule has 0 bridgehead atoms. The van der Waals surface area contributed by atoms with Crippen molar-refractivity contribution in [3.05, 3.63) is 35.4 Å². The van der Waals surface area contributed by atoms with Crippen LogP contribution in [0.5, 0.6) is 0 Å². The maximum atomic E-state index is 12.5. The SMILES string of the molecule is CCCc1ccc(C2=NNC3CC(C)(C)CC(=O)C23)cc1. The van der Waals surface area contributed by atoms with Crippen LogP contribution >= 0.6 is 0 Å². The Hall–Kier alpha value is -1.64. The predicted octanol–water partition coefficient (Wildman–Crippen LogP) is 3.32. The monoisotopic (exact) mass is 284 g/mol. The summed E-state index contributed by atoms with van der Waals surface area (Å²) in [6.45, 7) is 6.52. The zero-order valence-electron chi connectivity index (χ0n) is 13.1. The smallest absolute Gasteiger partial charge is 0.144 e. The van der Waals surface area contributed by atoms with Gasteiger partial charge in [-0.1, -0.05) is 51.5 Å². The summed E-state index contributed by atoms with van der Waals surface area (Å²) in [6.07, 6.45) is 3.91. The van der Waals surface area contributed by atoms with Gasteiger partial charge in [0.05, 0.1) is 17.7 Å². The summed E-state index contributed by atoms with van der Waals surface area (Å²) in [5.41, 5.74) is 6.65. The molecule has 3 rings (SSSR count). The third-order valence-corrected chi connectivity index (χ3v) is 4.61. The molecule has 1 fully saturated rings. The van der Waals surface area contributed by atoms with E-state index in [1.807, 2.05) is 0 Å². The summed E-state index contributed by atoms with van der Waals surface area (Å²) in [6, 6.07) is 8.71. The number of fused-ring (bicyclic) bond motifs is 1. The molecule has 0 spiro atoms. The van der Waals surface area contributed by atoms with Crippen molar-refractivity contribution in [1.29, 1.82) is 0 Å². The fourth-order valence-electron chi connectivity index (χ4n) is 3.65. The van der Waals surface area contributed by atoms with Crippen LogP contribution < -0.4 is 5.43 Å². The van der Waals surface area contributed by atoms with Crippen molar-refractivity contribution in [1.82, 2.24) is 5.43 Å². The fourth-order valence-corrected chi connectivity index (χ4v) is 3.65. The van der Waals surface area contributed by atoms with Crippen LogP contribution in [0.25, 0.3) is 0 Å². The van der Waals surface area contributed by atoms with Crippen LogP contribution in [0.3, 0.4) is 0 Å². The number of hydrazone groups is 1. The van der Waals surface area contributed by atoms with Gasteiger partial charge in [-0.25, -0.2) is 0 Å². The Morgan fingerprint density at radius 2 is 2.00 bits per heavy atom. The summed E-state index contributed by atoms with van der Waals surface area (Å²) in [5, 5.41) is 4.49. The molecule has 0 aromatic heterocycles. The second-order valence-electron chi connectivity index (χ2n) is 7.17. The number of carbonyl (C=O) groups is 1. The number of aryl methyl sites for hydroxylation is 1. The van der Waals surface area contributed by atoms with Gasteiger partial charge >= 0.3 is 0 Å². The molecule has 3 heteroatoms. The van der Waals surface area contributed by atoms with Gasteiger partial charge in [0.2, 0.25) is 0 Å². The van der Waals surface area contributed by atoms with Gasteiger partial charge in [0.25, 0.3) is 0 Å². The van der Waals surface area contributed by atoms with E-state index in [-0.39, 0.29) is 17.4 Å². The third kappa shape index (κ3) is 2.74. The largest absolute Gasteiger partial charge is 0.306 e. The molecule has 1 aliphatic heterocycles. The van der Waals surface area contributed by atoms with E-state index in [4.69, 9.17) is 0 Å². The Morgan fingerprint density at radius 3 is 2.67 bits per heavy atom. The van der Waals surface area contributed by atoms with Crippen molar-refractivity contribution in [2.75, 3.05) is 0 Å². The van der Waals surface area contributed by atoms with Crippen molar-refractivity contribution in [2.24, 2.45) is 16.4 Å². The Labute approximate surface area is 126 Å². The first-order chi connectivity index (χ1) is 10.00. The maximum absolute atomic E-state index is 12.5. The summed E-state index contributed by atoms with van der Waals surface area (Å²) < 4.78 is 0. The zero-order valence-corrected chi connectivity index (χ0v) is 13.1. The average molecular weight is 284 g/mol. The van der Waals surface area contributed by atoms with E-state index in [1.54, 1.807) is 0 Å². The minimum Gasteiger partial charge on any atom is -0.306 e. The lowest BCUT2D eigenvalue weighted by Crippen LogP contribution is -2.45. The van der Waals surface area contributed by atoms with Crippen LogP contribution in [-0.2, 0) is 11.2 Å². The standard InChI is InChI=1S/C18H24N2O/c1-4-5-12-6-8-13(9-7-12)17-16-14(19-20-17)10-18(2,3)11-15(16)21/h6-9,14,16,19H,4-5,10-11H2,1-3H3. The van der Waals surface area contributed by atoms with Gasteiger partial charge in [-0.05, 0) is 29.4 Å². The Kier molecular flexibility index (Phi) is 3.60. The van der Waals surface area contributed by atoms with Gasteiger partial charge in [0, 0.05) is 6.42 Å². The minimum absolute atomic E-state index is 0.0601. The highest BCUT2D eigenvalue weighted by atomic mass is 16.1. The number of carbonyl (C=O) groups excluding carboxylic acids is 1. The van der Waals surface area contributed by atoms with E-state index in [2.05, 4.69) is 55.6 Å². The normalized spacial score (nSPS) is 27.0. The first-order valence-electron chi connectivity index (χ1n) is 7.95. The summed E-state index contributed by atoms with van der Waals surface area (Å²) in [7, 11) is 0. The third-order valence-electron chi connectivity index (χ3n) is 4.61. The van der Waals surface area contributed by atoms with Crippen LogP contribution in [-0.4, -0.2) is 17.5 Å². The second kappa shape index (κ2) is 5.28. The van der Waals surface area contributed by atoms with Crippen LogP contribution in [0.1, 0.15) is 51.2 Å². The van der Waals surface area contributed by atoms with E-state index in [0.29, 0.717) is 12.2 Å². The molecule has 1 aromatic rings. The molecule has 0 amide bonds. The number of ketones is 1. The summed E-state index contributed by atoms with van der Waals surface area (Å²) in [4.78, 5) is 12.5. The van der Waals surface area contributed by atoms with Crippen LogP contribution in [0.2, 0.25) is 0 Å². The van der Waals surface area contributed by atoms with Gasteiger partial charge in [-0.2, -0.15) is 5.10 Å². The lowest BCUT2D eigenvalue weighted by Gasteiger charge is -2.36. The molecule has 1 saturated carbocycles. The van der Waals surface area contributed by atoms with Crippen LogP contribution in [0.4, 0.5) is 0 Å². The first kappa shape index (κ1) is 14.3. The Balaban J connectivity index is 1.82. The molecule has 2 unspecified atom stereocenters. The number of hydrogen-bond donors (Lipinski definition) is 1. The van der Waals surface area contributed by atoms with Gasteiger partial charge in [-0.15, -0.1) is 0 Å². The highest BCUT2D eigenvalue weighted by Gasteiger charge is 2.46. The molecule has 3 nitrogen and oxygen atoms in total. The molecule has 1 aliphatic carbocycles. The van der Waals surface area contributed by atoms with Gasteiger partial charge in [0.15, 0.2) is 0 Å². The minimum atomic E-state index is -0.0601. The first-order valence-corrected chi connectivity index (χ1v) is 7.95. The summed E-state index contributed by atoms with van der Waals surface area (Å²) >= 11 is 0. The summed E-state index contributed by atoms with van der Waals surface area (Å²) in [5.74, 6) is 0.271. The van der Waals surface area contributed by atoms with E-state index in [1.165, 1.54) is 5.56 Å². The molecule has 1 aromatic carbocycles. The molecule has 2 aliphatic rings. The van der Waals surface area contributed by atoms with Crippen LogP contribution in [0, 0.1) is 11.3 Å². The molecular weight excluding hydrogens is 260 g/mol. The molecule has 21 heavy (non-hydrogen) atoms. The van der Waals surface area contributed by atoms with Crippen molar-refractivity contribution in [3.8, 4) is 0 Å². The van der Waals surface area contributed by atoms with E-state index in [9.17, 15) is 4.79 Å². The molecule has 0 radical (unpaired) electrons. The van der Waals surface area contributed by atoms with Crippen molar-refractivity contribution < 1.29 is 4.79 Å². The van der Waals surface area contributed by atoms with E-state index < -0.39 is 0 Å². The average Bonchev–Trinajstić information content (AvgIpc) is 2.82. The maximum Gasteiger partial charge on any atom is 0.144 e. The number of Topliss-reactive ketones (excluding diaryl/α,β-unsaturated/α-hetero) is 1. The number of rotatable bonds is 3. The Morgan fingerprint density at radius 1 is 1.29 bits per heavy atom. The topological polar surface area (TPSA) is 41.5 Å². The van der Waals surface area contributed by atoms with E-state index >= 15 is 0 Å². The predicted molar refractivity (Wildman–Crippen MR) is 85.4 cm³/mol. The molecule has 1 heterocycles. The number of hydrogen-bond acceptors (Lipinski definition) is 3. The second-order valence-corrected chi connectivity index (χ2v) is 7.17. The quantitative estimate of drug-likeness (QED) is 0.925. The highest BCUT2D eigenvalue weighted by molar-refractivity contribution is 6.15.